The number of hydrogen-bond acceptors (Lipinski definition) is 5. The van der Waals surface area contributed by atoms with Gasteiger partial charge in [-0.25, -0.2) is 4.98 Å². The fraction of sp³-hybridized carbons (Fsp3) is 0.231. The Hall–Kier alpha value is -2.50. The molecule has 0 bridgehead atoms. The molecular weight excluding hydrogens is 246 g/mol. The first-order valence-electron chi connectivity index (χ1n) is 5.68. The summed E-state index contributed by atoms with van der Waals surface area (Å²) in [5.41, 5.74) is 0.609. The fourth-order valence-electron chi connectivity index (χ4n) is 1.56. The van der Waals surface area contributed by atoms with E-state index in [1.54, 1.807) is 6.07 Å². The van der Waals surface area contributed by atoms with Gasteiger partial charge in [0.1, 0.15) is 5.75 Å². The van der Waals surface area contributed by atoms with Gasteiger partial charge in [-0.1, -0.05) is 6.07 Å². The van der Waals surface area contributed by atoms with Crippen LogP contribution in [0.25, 0.3) is 0 Å². The molecule has 2 rings (SSSR count). The van der Waals surface area contributed by atoms with Crippen molar-refractivity contribution in [3.05, 3.63) is 40.9 Å². The lowest BCUT2D eigenvalue weighted by Crippen LogP contribution is -2.11. The number of ether oxygens (including phenoxy) is 2. The molecule has 0 fully saturated rings. The number of nitrogens with one attached hydrogen (secondary N) is 1. The fourth-order valence-corrected chi connectivity index (χ4v) is 1.56. The van der Waals surface area contributed by atoms with Crippen LogP contribution in [0.4, 0.5) is 5.69 Å². The number of aromatic amines is 1. The molecular formula is C13H15N3O3. The summed E-state index contributed by atoms with van der Waals surface area (Å²) >= 11 is 0. The zero-order chi connectivity index (χ0) is 13.8. The maximum absolute atomic E-state index is 11.5. The lowest BCUT2D eigenvalue weighted by atomic mass is 10.3. The molecule has 1 aromatic heterocycles. The molecule has 2 aromatic rings. The molecule has 6 nitrogen and oxygen atoms in total. The minimum Gasteiger partial charge on any atom is -0.487 e. The predicted molar refractivity (Wildman–Crippen MR) is 72.3 cm³/mol. The smallest absolute Gasteiger partial charge is 0.297 e. The van der Waals surface area contributed by atoms with Crippen molar-refractivity contribution in [2.45, 2.75) is 0 Å². The van der Waals surface area contributed by atoms with Gasteiger partial charge in [-0.05, 0) is 12.1 Å². The summed E-state index contributed by atoms with van der Waals surface area (Å²) in [6.45, 7) is 0. The highest BCUT2D eigenvalue weighted by atomic mass is 16.5. The van der Waals surface area contributed by atoms with Gasteiger partial charge in [-0.15, -0.1) is 0 Å². The molecule has 100 valence electrons. The van der Waals surface area contributed by atoms with E-state index in [0.717, 1.165) is 5.69 Å². The second kappa shape index (κ2) is 5.43. The third-order valence-electron chi connectivity index (χ3n) is 2.53. The lowest BCUT2D eigenvalue weighted by molar-refractivity contribution is 0.363. The Bertz CT molecular complexity index is 623. The van der Waals surface area contributed by atoms with E-state index in [2.05, 4.69) is 9.97 Å². The molecule has 0 atom stereocenters. The summed E-state index contributed by atoms with van der Waals surface area (Å²) in [7, 11) is 5.27. The van der Waals surface area contributed by atoms with Gasteiger partial charge in [0.25, 0.3) is 11.4 Å². The Morgan fingerprint density at radius 1 is 1.32 bits per heavy atom. The van der Waals surface area contributed by atoms with Crippen LogP contribution in [0.5, 0.6) is 17.4 Å². The Morgan fingerprint density at radius 3 is 2.79 bits per heavy atom. The molecule has 0 saturated heterocycles. The van der Waals surface area contributed by atoms with Gasteiger partial charge in [0.05, 0.1) is 13.4 Å². The molecule has 1 aromatic carbocycles. The minimum absolute atomic E-state index is 0.0535. The summed E-state index contributed by atoms with van der Waals surface area (Å²) in [6, 6.07) is 7.46. The van der Waals surface area contributed by atoms with Crippen LogP contribution < -0.4 is 19.9 Å². The average Bonchev–Trinajstić information content (AvgIpc) is 2.39. The molecule has 0 radical (unpaired) electrons. The van der Waals surface area contributed by atoms with Crippen molar-refractivity contribution in [3.8, 4) is 17.4 Å². The molecule has 1 heterocycles. The predicted octanol–water partition coefficient (Wildman–Crippen LogP) is 1.64. The van der Waals surface area contributed by atoms with Gasteiger partial charge in [0.2, 0.25) is 5.75 Å². The normalized spacial score (nSPS) is 10.1. The van der Waals surface area contributed by atoms with Crippen molar-refractivity contribution in [2.75, 3.05) is 26.1 Å². The van der Waals surface area contributed by atoms with E-state index in [1.165, 1.54) is 13.4 Å². The van der Waals surface area contributed by atoms with E-state index in [9.17, 15) is 4.79 Å². The van der Waals surface area contributed by atoms with Crippen molar-refractivity contribution in [1.82, 2.24) is 9.97 Å². The summed E-state index contributed by atoms with van der Waals surface area (Å²) in [5.74, 6) is 0.780. The average molecular weight is 261 g/mol. The van der Waals surface area contributed by atoms with E-state index in [0.29, 0.717) is 5.75 Å². The first-order chi connectivity index (χ1) is 9.11. The van der Waals surface area contributed by atoms with Crippen LogP contribution in [0.1, 0.15) is 0 Å². The van der Waals surface area contributed by atoms with Gasteiger partial charge in [0.15, 0.2) is 0 Å². The number of methoxy groups -OCH3 is 1. The molecule has 0 saturated carbocycles. The highest BCUT2D eigenvalue weighted by Gasteiger charge is 2.11. The van der Waals surface area contributed by atoms with Crippen LogP contribution in [0, 0.1) is 0 Å². The number of aromatic nitrogens is 2. The van der Waals surface area contributed by atoms with Gasteiger partial charge >= 0.3 is 0 Å². The number of benzene rings is 1. The molecule has 1 N–H and O–H groups in total. The van der Waals surface area contributed by atoms with Crippen molar-refractivity contribution in [3.63, 3.8) is 0 Å². The topological polar surface area (TPSA) is 67.5 Å². The Labute approximate surface area is 110 Å². The summed E-state index contributed by atoms with van der Waals surface area (Å²) in [5, 5.41) is 0. The minimum atomic E-state index is -0.378. The third-order valence-corrected chi connectivity index (χ3v) is 2.53. The van der Waals surface area contributed by atoms with Gasteiger partial charge < -0.3 is 19.4 Å². The second-order valence-electron chi connectivity index (χ2n) is 4.06. The van der Waals surface area contributed by atoms with Crippen LogP contribution in [0.2, 0.25) is 0 Å². The summed E-state index contributed by atoms with van der Waals surface area (Å²) < 4.78 is 10.6. The maximum atomic E-state index is 11.5. The number of hydrogen-bond donors (Lipinski definition) is 1. The monoisotopic (exact) mass is 261 g/mol. The third kappa shape index (κ3) is 2.85. The molecule has 0 aliphatic carbocycles. The first kappa shape index (κ1) is 12.9. The maximum Gasteiger partial charge on any atom is 0.297 e. The van der Waals surface area contributed by atoms with Gasteiger partial charge in [-0.3, -0.25) is 4.79 Å². The van der Waals surface area contributed by atoms with Crippen LogP contribution in [-0.2, 0) is 0 Å². The Balaban J connectivity index is 2.34. The number of anilines is 1. The van der Waals surface area contributed by atoms with E-state index >= 15 is 0 Å². The largest absolute Gasteiger partial charge is 0.487 e. The SMILES string of the molecule is COc1c(Oc2cccc(N(C)C)c2)nc[nH]c1=O. The van der Waals surface area contributed by atoms with Crippen molar-refractivity contribution in [1.29, 1.82) is 0 Å². The lowest BCUT2D eigenvalue weighted by Gasteiger charge is -2.14. The quantitative estimate of drug-likeness (QED) is 0.906. The van der Waals surface area contributed by atoms with E-state index < -0.39 is 0 Å². The van der Waals surface area contributed by atoms with Crippen LogP contribution >= 0.6 is 0 Å². The summed E-state index contributed by atoms with van der Waals surface area (Å²) in [6.07, 6.45) is 1.27. The van der Waals surface area contributed by atoms with Crippen molar-refractivity contribution in [2.24, 2.45) is 0 Å². The zero-order valence-corrected chi connectivity index (χ0v) is 11.0. The standard InChI is InChI=1S/C13H15N3O3/c1-16(2)9-5-4-6-10(7-9)19-13-11(18-3)12(17)14-8-15-13/h4-8H,1-3H3,(H,14,15,17). The van der Waals surface area contributed by atoms with Gasteiger partial charge in [-0.2, -0.15) is 0 Å². The Morgan fingerprint density at radius 2 is 2.11 bits per heavy atom. The van der Waals surface area contributed by atoms with E-state index in [4.69, 9.17) is 9.47 Å². The molecule has 19 heavy (non-hydrogen) atoms. The van der Waals surface area contributed by atoms with Crippen molar-refractivity contribution < 1.29 is 9.47 Å². The van der Waals surface area contributed by atoms with E-state index in [-0.39, 0.29) is 17.2 Å². The number of H-pyrrole nitrogens is 1. The molecule has 6 heteroatoms. The number of nitrogens with zero attached hydrogens (tertiary/aromatic N) is 2. The number of rotatable bonds is 4. The van der Waals surface area contributed by atoms with Crippen LogP contribution in [-0.4, -0.2) is 31.2 Å². The van der Waals surface area contributed by atoms with Crippen molar-refractivity contribution >= 4 is 5.69 Å². The van der Waals surface area contributed by atoms with Crippen LogP contribution in [0.15, 0.2) is 35.4 Å². The van der Waals surface area contributed by atoms with Gasteiger partial charge in [0, 0.05) is 25.8 Å². The highest BCUT2D eigenvalue weighted by molar-refractivity contribution is 5.50. The molecule has 0 amide bonds. The molecule has 0 spiro atoms. The van der Waals surface area contributed by atoms with E-state index in [1.807, 2.05) is 37.2 Å². The highest BCUT2D eigenvalue weighted by Crippen LogP contribution is 2.27. The molecule has 0 unspecified atom stereocenters. The second-order valence-corrected chi connectivity index (χ2v) is 4.06. The van der Waals surface area contributed by atoms with Crippen LogP contribution in [0.3, 0.4) is 0 Å². The first-order valence-corrected chi connectivity index (χ1v) is 5.68. The summed E-state index contributed by atoms with van der Waals surface area (Å²) in [4.78, 5) is 19.9. The Kier molecular flexibility index (Phi) is 3.70. The molecule has 0 aliphatic heterocycles. The molecule has 0 aliphatic rings. The zero-order valence-electron chi connectivity index (χ0n) is 11.0.